The van der Waals surface area contributed by atoms with Crippen LogP contribution in [0.25, 0.3) is 0 Å². The minimum absolute atomic E-state index is 0.228. The number of hydrogen-bond acceptors (Lipinski definition) is 4. The van der Waals surface area contributed by atoms with Crippen LogP contribution >= 0.6 is 43.2 Å². The van der Waals surface area contributed by atoms with Gasteiger partial charge in [0.1, 0.15) is 10.7 Å². The third-order valence-electron chi connectivity index (χ3n) is 3.18. The number of hydrogen-bond donors (Lipinski definition) is 2. The highest BCUT2D eigenvalue weighted by molar-refractivity contribution is 9.10. The van der Waals surface area contributed by atoms with Gasteiger partial charge in [0.25, 0.3) is 11.8 Å². The van der Waals surface area contributed by atoms with Gasteiger partial charge in [-0.2, -0.15) is 0 Å². The molecule has 0 saturated heterocycles. The average Bonchev–Trinajstić information content (AvgIpc) is 3.03. The predicted octanol–water partition coefficient (Wildman–Crippen LogP) is 5.17. The zero-order valence-corrected chi connectivity index (χ0v) is 16.6. The van der Waals surface area contributed by atoms with Crippen LogP contribution in [0.3, 0.4) is 0 Å². The number of thiophene rings is 1. The van der Waals surface area contributed by atoms with Crippen molar-refractivity contribution in [3.63, 3.8) is 0 Å². The van der Waals surface area contributed by atoms with E-state index in [0.717, 1.165) is 8.95 Å². The van der Waals surface area contributed by atoms with Crippen LogP contribution in [-0.2, 0) is 0 Å². The summed E-state index contributed by atoms with van der Waals surface area (Å²) in [4.78, 5) is 29.3. The number of amides is 2. The molecule has 2 amide bonds. The van der Waals surface area contributed by atoms with E-state index in [2.05, 4.69) is 47.5 Å². The summed E-state index contributed by atoms with van der Waals surface area (Å²) in [6.07, 6.45) is 1.60. The maximum Gasteiger partial charge on any atom is 0.266 e. The van der Waals surface area contributed by atoms with Crippen LogP contribution in [-0.4, -0.2) is 16.8 Å². The molecule has 0 radical (unpaired) electrons. The fourth-order valence-corrected chi connectivity index (χ4v) is 3.70. The lowest BCUT2D eigenvalue weighted by Crippen LogP contribution is -2.14. The molecule has 1 aromatic carbocycles. The van der Waals surface area contributed by atoms with Gasteiger partial charge in [0.05, 0.1) is 0 Å². The van der Waals surface area contributed by atoms with E-state index in [0.29, 0.717) is 21.9 Å². The number of halogens is 2. The van der Waals surface area contributed by atoms with E-state index in [1.54, 1.807) is 42.6 Å². The standard InChI is InChI=1S/C17H11Br2N3O2S/c18-11-4-5-14(20-9-11)22-16(23)10-2-1-3-12(8-10)21-17(24)15-13(19)6-7-25-15/h1-9H,(H,21,24)(H,20,22,23). The first kappa shape index (κ1) is 17.8. The van der Waals surface area contributed by atoms with Crippen LogP contribution in [0.15, 0.2) is 63.0 Å². The number of anilines is 2. The highest BCUT2D eigenvalue weighted by Gasteiger charge is 2.13. The van der Waals surface area contributed by atoms with Crippen molar-refractivity contribution in [3.8, 4) is 0 Å². The average molecular weight is 481 g/mol. The molecule has 0 spiro atoms. The fourth-order valence-electron chi connectivity index (χ4n) is 2.02. The molecular formula is C17H11Br2N3O2S. The Morgan fingerprint density at radius 1 is 1.00 bits per heavy atom. The molecule has 0 aliphatic rings. The second-order valence-corrected chi connectivity index (χ2v) is 7.63. The lowest BCUT2D eigenvalue weighted by molar-refractivity contribution is 0.101. The monoisotopic (exact) mass is 479 g/mol. The summed E-state index contributed by atoms with van der Waals surface area (Å²) in [6, 6.07) is 12.0. The Hall–Kier alpha value is -2.03. The molecule has 0 aliphatic carbocycles. The van der Waals surface area contributed by atoms with Crippen molar-refractivity contribution < 1.29 is 9.59 Å². The van der Waals surface area contributed by atoms with E-state index < -0.39 is 0 Å². The van der Waals surface area contributed by atoms with Gasteiger partial charge in [0.15, 0.2) is 0 Å². The van der Waals surface area contributed by atoms with Crippen LogP contribution in [0.5, 0.6) is 0 Å². The number of carbonyl (C=O) groups is 2. The summed E-state index contributed by atoms with van der Waals surface area (Å²) in [5.74, 6) is -0.0811. The number of benzene rings is 1. The second-order valence-electron chi connectivity index (χ2n) is 4.95. The Morgan fingerprint density at radius 3 is 2.52 bits per heavy atom. The van der Waals surface area contributed by atoms with Gasteiger partial charge in [-0.3, -0.25) is 9.59 Å². The minimum atomic E-state index is -0.303. The van der Waals surface area contributed by atoms with E-state index in [4.69, 9.17) is 0 Å². The molecule has 8 heteroatoms. The Kier molecular flexibility index (Phi) is 5.62. The summed E-state index contributed by atoms with van der Waals surface area (Å²) in [5, 5.41) is 7.33. The van der Waals surface area contributed by atoms with E-state index >= 15 is 0 Å². The number of rotatable bonds is 4. The van der Waals surface area contributed by atoms with Crippen molar-refractivity contribution >= 4 is 66.5 Å². The first-order valence-electron chi connectivity index (χ1n) is 7.10. The van der Waals surface area contributed by atoms with Gasteiger partial charge in [0.2, 0.25) is 0 Å². The number of carbonyl (C=O) groups excluding carboxylic acids is 2. The molecular weight excluding hydrogens is 470 g/mol. The summed E-state index contributed by atoms with van der Waals surface area (Å²) >= 11 is 7.97. The number of aromatic nitrogens is 1. The quantitative estimate of drug-likeness (QED) is 0.540. The van der Waals surface area contributed by atoms with Gasteiger partial charge in [0, 0.05) is 26.4 Å². The molecule has 2 heterocycles. The Balaban J connectivity index is 1.72. The van der Waals surface area contributed by atoms with Crippen molar-refractivity contribution in [2.24, 2.45) is 0 Å². The molecule has 2 N–H and O–H groups in total. The summed E-state index contributed by atoms with van der Waals surface area (Å²) in [7, 11) is 0. The molecule has 0 bridgehead atoms. The molecule has 0 atom stereocenters. The molecule has 3 aromatic rings. The highest BCUT2D eigenvalue weighted by atomic mass is 79.9. The smallest absolute Gasteiger partial charge is 0.266 e. The van der Waals surface area contributed by atoms with Gasteiger partial charge < -0.3 is 10.6 Å². The second kappa shape index (κ2) is 7.90. The van der Waals surface area contributed by atoms with Gasteiger partial charge in [-0.25, -0.2) is 4.98 Å². The Labute approximate surface area is 164 Å². The molecule has 0 saturated carbocycles. The van der Waals surface area contributed by atoms with E-state index in [-0.39, 0.29) is 11.8 Å². The lowest BCUT2D eigenvalue weighted by atomic mass is 10.2. The van der Waals surface area contributed by atoms with Crippen LogP contribution in [0.4, 0.5) is 11.5 Å². The van der Waals surface area contributed by atoms with Crippen molar-refractivity contribution in [1.29, 1.82) is 0 Å². The third kappa shape index (κ3) is 4.53. The van der Waals surface area contributed by atoms with Gasteiger partial charge in [-0.1, -0.05) is 6.07 Å². The van der Waals surface area contributed by atoms with E-state index in [9.17, 15) is 9.59 Å². The van der Waals surface area contributed by atoms with Crippen molar-refractivity contribution in [1.82, 2.24) is 4.98 Å². The lowest BCUT2D eigenvalue weighted by Gasteiger charge is -2.08. The SMILES string of the molecule is O=C(Nc1ccc(Br)cn1)c1cccc(NC(=O)c2sccc2Br)c1. The van der Waals surface area contributed by atoms with Crippen LogP contribution in [0.2, 0.25) is 0 Å². The molecule has 2 aromatic heterocycles. The topological polar surface area (TPSA) is 71.1 Å². The van der Waals surface area contributed by atoms with Crippen LogP contribution in [0, 0.1) is 0 Å². The van der Waals surface area contributed by atoms with Gasteiger partial charge in [-0.15, -0.1) is 11.3 Å². The van der Waals surface area contributed by atoms with Crippen LogP contribution in [0.1, 0.15) is 20.0 Å². The Bertz CT molecular complexity index is 926. The molecule has 3 rings (SSSR count). The highest BCUT2D eigenvalue weighted by Crippen LogP contribution is 2.24. The van der Waals surface area contributed by atoms with Crippen molar-refractivity contribution in [2.45, 2.75) is 0 Å². The minimum Gasteiger partial charge on any atom is -0.321 e. The zero-order chi connectivity index (χ0) is 17.8. The third-order valence-corrected chi connectivity index (χ3v) is 5.48. The van der Waals surface area contributed by atoms with Crippen molar-refractivity contribution in [3.05, 3.63) is 73.4 Å². The molecule has 25 heavy (non-hydrogen) atoms. The Morgan fingerprint density at radius 2 is 1.84 bits per heavy atom. The first-order chi connectivity index (χ1) is 12.0. The number of nitrogens with zero attached hydrogens (tertiary/aromatic N) is 1. The van der Waals surface area contributed by atoms with Gasteiger partial charge >= 0.3 is 0 Å². The maximum absolute atomic E-state index is 12.3. The maximum atomic E-state index is 12.3. The molecule has 5 nitrogen and oxygen atoms in total. The van der Waals surface area contributed by atoms with Crippen LogP contribution < -0.4 is 10.6 Å². The number of nitrogens with one attached hydrogen (secondary N) is 2. The molecule has 0 fully saturated rings. The van der Waals surface area contributed by atoms with Gasteiger partial charge in [-0.05, 0) is 73.6 Å². The molecule has 0 unspecified atom stereocenters. The fraction of sp³-hybridized carbons (Fsp3) is 0. The summed E-state index contributed by atoms with van der Waals surface area (Å²) < 4.78 is 1.57. The molecule has 126 valence electrons. The predicted molar refractivity (Wildman–Crippen MR) is 106 cm³/mol. The zero-order valence-electron chi connectivity index (χ0n) is 12.6. The first-order valence-corrected chi connectivity index (χ1v) is 9.57. The normalized spacial score (nSPS) is 10.3. The van der Waals surface area contributed by atoms with E-state index in [1.165, 1.54) is 11.3 Å². The summed E-state index contributed by atoms with van der Waals surface area (Å²) in [5.41, 5.74) is 0.967. The largest absolute Gasteiger partial charge is 0.321 e. The number of pyridine rings is 1. The molecule has 0 aliphatic heterocycles. The summed E-state index contributed by atoms with van der Waals surface area (Å²) in [6.45, 7) is 0. The van der Waals surface area contributed by atoms with E-state index in [1.807, 2.05) is 11.4 Å². The van der Waals surface area contributed by atoms with Crippen molar-refractivity contribution in [2.75, 3.05) is 10.6 Å².